The minimum absolute atomic E-state index is 0.0326. The molecule has 0 bridgehead atoms. The van der Waals surface area contributed by atoms with E-state index in [1.807, 2.05) is 30.3 Å². The number of amides is 3. The van der Waals surface area contributed by atoms with E-state index in [1.165, 1.54) is 0 Å². The fraction of sp³-hybridized carbons (Fsp3) is 0.429. The summed E-state index contributed by atoms with van der Waals surface area (Å²) in [5.41, 5.74) is 1.04. The number of hydrogen-bond acceptors (Lipinski definition) is 3. The highest BCUT2D eigenvalue weighted by Gasteiger charge is 2.23. The Morgan fingerprint density at radius 2 is 2.10 bits per heavy atom. The maximum absolute atomic E-state index is 11.6. The van der Waals surface area contributed by atoms with Crippen LogP contribution >= 0.6 is 0 Å². The Morgan fingerprint density at radius 3 is 2.80 bits per heavy atom. The van der Waals surface area contributed by atoms with Gasteiger partial charge in [0.05, 0.1) is 6.10 Å². The zero-order chi connectivity index (χ0) is 14.4. The smallest absolute Gasteiger partial charge is 0.315 e. The molecule has 1 heterocycles. The first-order chi connectivity index (χ1) is 9.65. The van der Waals surface area contributed by atoms with Crippen molar-refractivity contribution in [2.75, 3.05) is 26.7 Å². The van der Waals surface area contributed by atoms with Gasteiger partial charge < -0.3 is 20.3 Å². The predicted octanol–water partition coefficient (Wildman–Crippen LogP) is 0.343. The molecule has 0 spiro atoms. The number of carbonyl (C=O) groups excluding carboxylic acids is 2. The van der Waals surface area contributed by atoms with Gasteiger partial charge in [-0.2, -0.15) is 0 Å². The first-order valence-electron chi connectivity index (χ1n) is 6.56. The van der Waals surface area contributed by atoms with E-state index in [-0.39, 0.29) is 24.6 Å². The molecule has 1 fully saturated rings. The SMILES string of the molecule is CN1CC(CNC(=O)NCc2ccccc2)OCC1=O. The van der Waals surface area contributed by atoms with Crippen molar-refractivity contribution in [3.63, 3.8) is 0 Å². The molecule has 2 rings (SSSR count). The summed E-state index contributed by atoms with van der Waals surface area (Å²) in [4.78, 5) is 24.5. The van der Waals surface area contributed by atoms with Crippen molar-refractivity contribution in [1.82, 2.24) is 15.5 Å². The average Bonchev–Trinajstić information content (AvgIpc) is 2.47. The van der Waals surface area contributed by atoms with Crippen molar-refractivity contribution in [3.8, 4) is 0 Å². The Morgan fingerprint density at radius 1 is 1.35 bits per heavy atom. The van der Waals surface area contributed by atoms with Crippen LogP contribution in [-0.4, -0.2) is 49.7 Å². The summed E-state index contributed by atoms with van der Waals surface area (Å²) in [5.74, 6) is -0.0326. The van der Waals surface area contributed by atoms with E-state index in [1.54, 1.807) is 11.9 Å². The molecule has 2 N–H and O–H groups in total. The summed E-state index contributed by atoms with van der Waals surface area (Å²) in [6.45, 7) is 1.45. The predicted molar refractivity (Wildman–Crippen MR) is 74.1 cm³/mol. The molecule has 0 radical (unpaired) electrons. The van der Waals surface area contributed by atoms with Crippen LogP contribution in [0.15, 0.2) is 30.3 Å². The van der Waals surface area contributed by atoms with Crippen molar-refractivity contribution in [2.45, 2.75) is 12.6 Å². The molecule has 1 saturated heterocycles. The van der Waals surface area contributed by atoms with E-state index < -0.39 is 0 Å². The third-order valence-corrected chi connectivity index (χ3v) is 3.13. The van der Waals surface area contributed by atoms with Gasteiger partial charge in [-0.15, -0.1) is 0 Å². The molecule has 1 aromatic carbocycles. The summed E-state index contributed by atoms with van der Waals surface area (Å²) in [6, 6.07) is 9.45. The number of urea groups is 1. The fourth-order valence-corrected chi connectivity index (χ4v) is 1.93. The van der Waals surface area contributed by atoms with Crippen molar-refractivity contribution >= 4 is 11.9 Å². The minimum Gasteiger partial charge on any atom is -0.365 e. The Bertz CT molecular complexity index is 464. The first-order valence-corrected chi connectivity index (χ1v) is 6.56. The van der Waals surface area contributed by atoms with E-state index in [0.717, 1.165) is 5.56 Å². The molecule has 6 nitrogen and oxygen atoms in total. The van der Waals surface area contributed by atoms with Crippen LogP contribution in [0.1, 0.15) is 5.56 Å². The van der Waals surface area contributed by atoms with Crippen molar-refractivity contribution in [3.05, 3.63) is 35.9 Å². The van der Waals surface area contributed by atoms with Crippen LogP contribution in [0.2, 0.25) is 0 Å². The van der Waals surface area contributed by atoms with Crippen LogP contribution in [0.4, 0.5) is 4.79 Å². The summed E-state index contributed by atoms with van der Waals surface area (Å²) in [5, 5.41) is 5.52. The molecule has 1 aromatic rings. The molecular formula is C14H19N3O3. The van der Waals surface area contributed by atoms with Gasteiger partial charge >= 0.3 is 6.03 Å². The number of rotatable bonds is 4. The lowest BCUT2D eigenvalue weighted by Gasteiger charge is -2.29. The van der Waals surface area contributed by atoms with Gasteiger partial charge in [0.1, 0.15) is 6.61 Å². The van der Waals surface area contributed by atoms with Crippen LogP contribution < -0.4 is 10.6 Å². The molecule has 108 valence electrons. The second-order valence-electron chi connectivity index (χ2n) is 4.76. The number of likely N-dealkylation sites (N-methyl/N-ethyl adjacent to an activating group) is 1. The molecule has 20 heavy (non-hydrogen) atoms. The van der Waals surface area contributed by atoms with Crippen LogP contribution in [0.25, 0.3) is 0 Å². The highest BCUT2D eigenvalue weighted by molar-refractivity contribution is 5.78. The van der Waals surface area contributed by atoms with Gasteiger partial charge in [-0.25, -0.2) is 4.79 Å². The number of nitrogens with zero attached hydrogens (tertiary/aromatic N) is 1. The van der Waals surface area contributed by atoms with Gasteiger partial charge in [0.15, 0.2) is 0 Å². The Labute approximate surface area is 118 Å². The molecule has 1 atom stereocenters. The van der Waals surface area contributed by atoms with Crippen LogP contribution in [0, 0.1) is 0 Å². The number of nitrogens with one attached hydrogen (secondary N) is 2. The Balaban J connectivity index is 1.66. The maximum atomic E-state index is 11.6. The molecule has 0 saturated carbocycles. The van der Waals surface area contributed by atoms with Crippen LogP contribution in [0.5, 0.6) is 0 Å². The molecule has 1 aliphatic heterocycles. The van der Waals surface area contributed by atoms with Crippen molar-refractivity contribution in [1.29, 1.82) is 0 Å². The Hall–Kier alpha value is -2.08. The molecule has 1 aliphatic rings. The monoisotopic (exact) mass is 277 g/mol. The van der Waals surface area contributed by atoms with E-state index >= 15 is 0 Å². The zero-order valence-electron chi connectivity index (χ0n) is 11.5. The lowest BCUT2D eigenvalue weighted by atomic mass is 10.2. The van der Waals surface area contributed by atoms with E-state index in [2.05, 4.69) is 10.6 Å². The molecule has 6 heteroatoms. The molecule has 3 amide bonds. The van der Waals surface area contributed by atoms with Crippen molar-refractivity contribution < 1.29 is 14.3 Å². The first kappa shape index (κ1) is 14.3. The van der Waals surface area contributed by atoms with Gasteiger partial charge in [-0.05, 0) is 5.56 Å². The van der Waals surface area contributed by atoms with Gasteiger partial charge in [0, 0.05) is 26.7 Å². The quantitative estimate of drug-likeness (QED) is 0.834. The third-order valence-electron chi connectivity index (χ3n) is 3.13. The topological polar surface area (TPSA) is 70.7 Å². The third kappa shape index (κ3) is 4.24. The number of morpholine rings is 1. The van der Waals surface area contributed by atoms with E-state index in [4.69, 9.17) is 4.74 Å². The second-order valence-corrected chi connectivity index (χ2v) is 4.76. The lowest BCUT2D eigenvalue weighted by Crippen LogP contribution is -2.50. The maximum Gasteiger partial charge on any atom is 0.315 e. The number of ether oxygens (including phenoxy) is 1. The average molecular weight is 277 g/mol. The van der Waals surface area contributed by atoms with Gasteiger partial charge in [0.2, 0.25) is 5.91 Å². The van der Waals surface area contributed by atoms with Crippen LogP contribution in [0.3, 0.4) is 0 Å². The molecule has 0 aliphatic carbocycles. The normalized spacial score (nSPS) is 18.8. The van der Waals surface area contributed by atoms with Gasteiger partial charge in [-0.1, -0.05) is 30.3 Å². The fourth-order valence-electron chi connectivity index (χ4n) is 1.93. The standard InChI is InChI=1S/C14H19N3O3/c1-17-9-12(20-10-13(17)18)8-16-14(19)15-7-11-5-3-2-4-6-11/h2-6,12H,7-10H2,1H3,(H2,15,16,19). The summed E-state index contributed by atoms with van der Waals surface area (Å²) in [6.07, 6.45) is -0.153. The summed E-state index contributed by atoms with van der Waals surface area (Å²) in [7, 11) is 1.73. The zero-order valence-corrected chi connectivity index (χ0v) is 11.5. The summed E-state index contributed by atoms with van der Waals surface area (Å²) >= 11 is 0. The van der Waals surface area contributed by atoms with Crippen LogP contribution in [-0.2, 0) is 16.1 Å². The van der Waals surface area contributed by atoms with Crippen molar-refractivity contribution in [2.24, 2.45) is 0 Å². The molecule has 1 unspecified atom stereocenters. The summed E-state index contributed by atoms with van der Waals surface area (Å²) < 4.78 is 5.34. The number of benzene rings is 1. The second kappa shape index (κ2) is 6.91. The molecule has 0 aromatic heterocycles. The lowest BCUT2D eigenvalue weighted by molar-refractivity contribution is -0.146. The van der Waals surface area contributed by atoms with Gasteiger partial charge in [0.25, 0.3) is 0 Å². The number of hydrogen-bond donors (Lipinski definition) is 2. The largest absolute Gasteiger partial charge is 0.365 e. The minimum atomic E-state index is -0.239. The van der Waals surface area contributed by atoms with E-state index in [9.17, 15) is 9.59 Å². The number of carbonyl (C=O) groups is 2. The van der Waals surface area contributed by atoms with Gasteiger partial charge in [-0.3, -0.25) is 4.79 Å². The van der Waals surface area contributed by atoms with E-state index in [0.29, 0.717) is 19.6 Å². The highest BCUT2D eigenvalue weighted by Crippen LogP contribution is 2.03. The molecular weight excluding hydrogens is 258 g/mol. The Kier molecular flexibility index (Phi) is 4.95. The highest BCUT2D eigenvalue weighted by atomic mass is 16.5.